The van der Waals surface area contributed by atoms with E-state index in [-0.39, 0.29) is 18.3 Å². The summed E-state index contributed by atoms with van der Waals surface area (Å²) in [6.07, 6.45) is 1.69. The predicted octanol–water partition coefficient (Wildman–Crippen LogP) is 2.71. The lowest BCUT2D eigenvalue weighted by Crippen LogP contribution is -2.20. The number of carbonyl (C=O) groups is 2. The van der Waals surface area contributed by atoms with Gasteiger partial charge in [-0.1, -0.05) is 11.6 Å². The molecule has 2 aromatic carbocycles. The molecular weight excluding hydrogens is 372 g/mol. The van der Waals surface area contributed by atoms with Gasteiger partial charge in [-0.15, -0.1) is 0 Å². The molecule has 0 unspecified atom stereocenters. The molecule has 140 valence electrons. The van der Waals surface area contributed by atoms with Gasteiger partial charge in [0.05, 0.1) is 14.2 Å². The lowest BCUT2D eigenvalue weighted by Gasteiger charge is -2.14. The second-order valence-electron chi connectivity index (χ2n) is 5.71. The average molecular weight is 389 g/mol. The molecule has 3 N–H and O–H groups in total. The van der Waals surface area contributed by atoms with Crippen LogP contribution in [0.15, 0.2) is 30.3 Å². The Hall–Kier alpha value is -3.19. The Kier molecular flexibility index (Phi) is 5.23. The standard InChI is InChI=1S/C19H17ClN2O5/c1-25-15-6-10(7-16(26-2)18(15)27-9-17(21)23)5-13-12-8-11(20)3-4-14(12)22-19(13)24/h3-8H,9H2,1-2H3,(H2,21,23)(H,22,24)/b13-5+. The van der Waals surface area contributed by atoms with Crippen molar-refractivity contribution in [2.45, 2.75) is 0 Å². The number of fused-ring (bicyclic) bond motifs is 1. The Morgan fingerprint density at radius 3 is 2.44 bits per heavy atom. The van der Waals surface area contributed by atoms with E-state index >= 15 is 0 Å². The highest BCUT2D eigenvalue weighted by Gasteiger charge is 2.25. The minimum atomic E-state index is -0.624. The summed E-state index contributed by atoms with van der Waals surface area (Å²) < 4.78 is 16.1. The van der Waals surface area contributed by atoms with Crippen LogP contribution in [-0.4, -0.2) is 32.6 Å². The van der Waals surface area contributed by atoms with Gasteiger partial charge in [-0.05, 0) is 42.0 Å². The van der Waals surface area contributed by atoms with Crippen molar-refractivity contribution in [2.75, 3.05) is 26.1 Å². The van der Waals surface area contributed by atoms with E-state index in [0.29, 0.717) is 38.9 Å². The summed E-state index contributed by atoms with van der Waals surface area (Å²) in [7, 11) is 2.92. The van der Waals surface area contributed by atoms with E-state index in [9.17, 15) is 9.59 Å². The number of rotatable bonds is 6. The normalized spacial score (nSPS) is 13.9. The summed E-state index contributed by atoms with van der Waals surface area (Å²) in [6.45, 7) is -0.318. The number of primary amides is 1. The molecule has 1 aliphatic rings. The van der Waals surface area contributed by atoms with E-state index in [4.69, 9.17) is 31.5 Å². The molecule has 2 amide bonds. The first-order valence-electron chi connectivity index (χ1n) is 7.93. The van der Waals surface area contributed by atoms with Crippen molar-refractivity contribution in [3.63, 3.8) is 0 Å². The van der Waals surface area contributed by atoms with Crippen LogP contribution >= 0.6 is 11.6 Å². The maximum absolute atomic E-state index is 12.3. The molecule has 0 fully saturated rings. The van der Waals surface area contributed by atoms with E-state index in [0.717, 1.165) is 0 Å². The van der Waals surface area contributed by atoms with Crippen molar-refractivity contribution in [2.24, 2.45) is 5.73 Å². The van der Waals surface area contributed by atoms with Gasteiger partial charge < -0.3 is 25.3 Å². The first kappa shape index (κ1) is 18.6. The zero-order chi connectivity index (χ0) is 19.6. The molecule has 0 radical (unpaired) electrons. The molecule has 8 heteroatoms. The molecule has 1 aliphatic heterocycles. The monoisotopic (exact) mass is 388 g/mol. The van der Waals surface area contributed by atoms with Gasteiger partial charge >= 0.3 is 0 Å². The Morgan fingerprint density at radius 1 is 1.19 bits per heavy atom. The minimum Gasteiger partial charge on any atom is -0.493 e. The van der Waals surface area contributed by atoms with Crippen LogP contribution in [0.4, 0.5) is 5.69 Å². The fraction of sp³-hybridized carbons (Fsp3) is 0.158. The number of methoxy groups -OCH3 is 2. The number of anilines is 1. The number of nitrogens with one attached hydrogen (secondary N) is 1. The molecule has 0 atom stereocenters. The number of hydrogen-bond acceptors (Lipinski definition) is 5. The van der Waals surface area contributed by atoms with Crippen LogP contribution in [0.3, 0.4) is 0 Å². The smallest absolute Gasteiger partial charge is 0.256 e. The quantitative estimate of drug-likeness (QED) is 0.741. The lowest BCUT2D eigenvalue weighted by atomic mass is 10.0. The maximum atomic E-state index is 12.3. The molecule has 0 saturated heterocycles. The largest absolute Gasteiger partial charge is 0.493 e. The highest BCUT2D eigenvalue weighted by Crippen LogP contribution is 2.41. The fourth-order valence-electron chi connectivity index (χ4n) is 2.74. The van der Waals surface area contributed by atoms with Gasteiger partial charge in [0.15, 0.2) is 18.1 Å². The van der Waals surface area contributed by atoms with Crippen molar-refractivity contribution in [1.29, 1.82) is 0 Å². The van der Waals surface area contributed by atoms with Crippen LogP contribution in [0.25, 0.3) is 11.6 Å². The van der Waals surface area contributed by atoms with Gasteiger partial charge in [0, 0.05) is 21.8 Å². The van der Waals surface area contributed by atoms with E-state index in [1.807, 2.05) is 0 Å². The molecule has 27 heavy (non-hydrogen) atoms. The maximum Gasteiger partial charge on any atom is 0.256 e. The summed E-state index contributed by atoms with van der Waals surface area (Å²) >= 11 is 6.06. The van der Waals surface area contributed by atoms with E-state index in [1.54, 1.807) is 36.4 Å². The van der Waals surface area contributed by atoms with Gasteiger partial charge in [0.2, 0.25) is 5.75 Å². The highest BCUT2D eigenvalue weighted by molar-refractivity contribution is 6.36. The summed E-state index contributed by atoms with van der Waals surface area (Å²) in [5.74, 6) is 0.0697. The van der Waals surface area contributed by atoms with Crippen LogP contribution < -0.4 is 25.3 Å². The SMILES string of the molecule is COc1cc(/C=C2/C(=O)Nc3ccc(Cl)cc32)cc(OC)c1OCC(N)=O. The van der Waals surface area contributed by atoms with Crippen molar-refractivity contribution >= 4 is 40.8 Å². The molecule has 0 saturated carbocycles. The van der Waals surface area contributed by atoms with E-state index < -0.39 is 5.91 Å². The number of benzene rings is 2. The van der Waals surface area contributed by atoms with Crippen molar-refractivity contribution < 1.29 is 23.8 Å². The number of ether oxygens (including phenoxy) is 3. The third-order valence-corrected chi connectivity index (χ3v) is 4.15. The van der Waals surface area contributed by atoms with Crippen LogP contribution in [0, 0.1) is 0 Å². The van der Waals surface area contributed by atoms with Gasteiger partial charge in [-0.2, -0.15) is 0 Å². The highest BCUT2D eigenvalue weighted by atomic mass is 35.5. The van der Waals surface area contributed by atoms with Crippen molar-refractivity contribution in [3.05, 3.63) is 46.5 Å². The van der Waals surface area contributed by atoms with Gasteiger partial charge in [0.1, 0.15) is 0 Å². The molecule has 0 bridgehead atoms. The number of hydrogen-bond donors (Lipinski definition) is 2. The second kappa shape index (κ2) is 7.59. The Morgan fingerprint density at radius 2 is 1.85 bits per heavy atom. The molecule has 0 aromatic heterocycles. The molecular formula is C19H17ClN2O5. The number of amides is 2. The van der Waals surface area contributed by atoms with Crippen LogP contribution in [-0.2, 0) is 9.59 Å². The lowest BCUT2D eigenvalue weighted by molar-refractivity contribution is -0.120. The van der Waals surface area contributed by atoms with Crippen LogP contribution in [0.2, 0.25) is 5.02 Å². The summed E-state index contributed by atoms with van der Waals surface area (Å²) in [5, 5.41) is 3.32. The molecule has 1 heterocycles. The molecule has 0 aliphatic carbocycles. The summed E-state index contributed by atoms with van der Waals surface area (Å²) in [5.41, 5.74) is 7.63. The number of halogens is 1. The average Bonchev–Trinajstić information content (AvgIpc) is 2.94. The minimum absolute atomic E-state index is 0.237. The predicted molar refractivity (Wildman–Crippen MR) is 102 cm³/mol. The molecule has 2 aromatic rings. The fourth-order valence-corrected chi connectivity index (χ4v) is 2.91. The van der Waals surface area contributed by atoms with Gasteiger partial charge in [-0.25, -0.2) is 0 Å². The zero-order valence-corrected chi connectivity index (χ0v) is 15.4. The molecule has 3 rings (SSSR count). The molecule has 7 nitrogen and oxygen atoms in total. The van der Waals surface area contributed by atoms with Crippen LogP contribution in [0.5, 0.6) is 17.2 Å². The van der Waals surface area contributed by atoms with Crippen molar-refractivity contribution in [1.82, 2.24) is 0 Å². The Bertz CT molecular complexity index is 930. The Balaban J connectivity index is 2.05. The second-order valence-corrected chi connectivity index (χ2v) is 6.15. The van der Waals surface area contributed by atoms with E-state index in [1.165, 1.54) is 14.2 Å². The number of nitrogens with two attached hydrogens (primary N) is 1. The Labute approximate surface area is 160 Å². The first-order valence-corrected chi connectivity index (χ1v) is 8.31. The van der Waals surface area contributed by atoms with Gasteiger partial charge in [-0.3, -0.25) is 9.59 Å². The summed E-state index contributed by atoms with van der Waals surface area (Å²) in [4.78, 5) is 23.3. The zero-order valence-electron chi connectivity index (χ0n) is 14.7. The topological polar surface area (TPSA) is 99.9 Å². The van der Waals surface area contributed by atoms with Gasteiger partial charge in [0.25, 0.3) is 11.8 Å². The third kappa shape index (κ3) is 3.83. The van der Waals surface area contributed by atoms with Crippen LogP contribution in [0.1, 0.15) is 11.1 Å². The summed E-state index contributed by atoms with van der Waals surface area (Å²) in [6, 6.07) is 8.52. The van der Waals surface area contributed by atoms with Crippen molar-refractivity contribution in [3.8, 4) is 17.2 Å². The first-order chi connectivity index (χ1) is 12.9. The number of carbonyl (C=O) groups excluding carboxylic acids is 2. The van der Waals surface area contributed by atoms with E-state index in [2.05, 4.69) is 5.32 Å². The molecule has 0 spiro atoms. The third-order valence-electron chi connectivity index (χ3n) is 3.92.